The van der Waals surface area contributed by atoms with Crippen molar-refractivity contribution in [1.82, 2.24) is 0 Å². The van der Waals surface area contributed by atoms with E-state index in [1.165, 1.54) is 5.56 Å². The van der Waals surface area contributed by atoms with Crippen LogP contribution in [0.4, 0.5) is 0 Å². The van der Waals surface area contributed by atoms with Gasteiger partial charge in [0, 0.05) is 11.1 Å². The molecule has 2 heteroatoms. The molecule has 0 spiro atoms. The minimum absolute atomic E-state index is 0.0188. The van der Waals surface area contributed by atoms with E-state index < -0.39 is 0 Å². The van der Waals surface area contributed by atoms with Gasteiger partial charge in [0.1, 0.15) is 5.75 Å². The second kappa shape index (κ2) is 4.53. The Morgan fingerprint density at radius 3 is 1.88 bits per heavy atom. The summed E-state index contributed by atoms with van der Waals surface area (Å²) in [6.45, 7) is 12.9. The maximum Gasteiger partial charge on any atom is 0.123 e. The third-order valence-electron chi connectivity index (χ3n) is 2.96. The molecule has 0 aromatic heterocycles. The first-order chi connectivity index (χ1) is 7.59. The van der Waals surface area contributed by atoms with Crippen molar-refractivity contribution < 1.29 is 5.11 Å². The van der Waals surface area contributed by atoms with E-state index in [1.807, 2.05) is 6.07 Å². The largest absolute Gasteiger partial charge is 0.507 e. The van der Waals surface area contributed by atoms with E-state index in [-0.39, 0.29) is 10.8 Å². The Labute approximate surface area is 110 Å². The van der Waals surface area contributed by atoms with Crippen LogP contribution in [-0.2, 0) is 16.7 Å². The van der Waals surface area contributed by atoms with Crippen LogP contribution in [0.25, 0.3) is 0 Å². The number of phenolic OH excluding ortho intramolecular Hbond substituents is 1. The highest BCUT2D eigenvalue weighted by Gasteiger charge is 2.28. The molecule has 1 N–H and O–H groups in total. The number of halogens is 1. The maximum absolute atomic E-state index is 10.4. The van der Waals surface area contributed by atoms with Gasteiger partial charge < -0.3 is 5.11 Å². The number of aromatic hydroxyl groups is 1. The van der Waals surface area contributed by atoms with E-state index in [2.05, 4.69) is 47.6 Å². The molecule has 0 heterocycles. The van der Waals surface area contributed by atoms with Crippen LogP contribution in [0.5, 0.6) is 5.75 Å². The summed E-state index contributed by atoms with van der Waals surface area (Å²) in [5.74, 6) is 0.708. The molecule has 0 amide bonds. The topological polar surface area (TPSA) is 20.2 Å². The van der Waals surface area contributed by atoms with Gasteiger partial charge in [-0.15, -0.1) is 11.6 Å². The van der Waals surface area contributed by atoms with Crippen LogP contribution >= 0.6 is 11.6 Å². The van der Waals surface area contributed by atoms with E-state index >= 15 is 0 Å². The van der Waals surface area contributed by atoms with Gasteiger partial charge in [-0.3, -0.25) is 0 Å². The van der Waals surface area contributed by atoms with Crippen molar-refractivity contribution in [3.05, 3.63) is 28.8 Å². The van der Waals surface area contributed by atoms with Crippen molar-refractivity contribution in [2.45, 2.75) is 58.3 Å². The van der Waals surface area contributed by atoms with E-state index in [1.54, 1.807) is 0 Å². The van der Waals surface area contributed by atoms with Gasteiger partial charge in [0.2, 0.25) is 0 Å². The van der Waals surface area contributed by atoms with Crippen molar-refractivity contribution in [3.8, 4) is 5.75 Å². The average molecular weight is 255 g/mol. The molecule has 0 bridgehead atoms. The molecule has 0 radical (unpaired) electrons. The first-order valence-electron chi connectivity index (χ1n) is 6.01. The molecule has 1 aromatic carbocycles. The summed E-state index contributed by atoms with van der Waals surface area (Å²) in [7, 11) is 0. The average Bonchev–Trinajstić information content (AvgIpc) is 2.13. The number of benzene rings is 1. The fraction of sp³-hybridized carbons (Fsp3) is 0.600. The second-order valence-corrected chi connectivity index (χ2v) is 6.90. The van der Waals surface area contributed by atoms with Gasteiger partial charge in [-0.05, 0) is 16.4 Å². The van der Waals surface area contributed by atoms with E-state index in [0.717, 1.165) is 11.1 Å². The van der Waals surface area contributed by atoms with Crippen LogP contribution in [0.2, 0.25) is 0 Å². The summed E-state index contributed by atoms with van der Waals surface area (Å²) < 4.78 is 0. The minimum atomic E-state index is -0.0885. The van der Waals surface area contributed by atoms with Crippen LogP contribution in [0.3, 0.4) is 0 Å². The molecule has 1 rings (SSSR count). The fourth-order valence-corrected chi connectivity index (χ4v) is 2.34. The van der Waals surface area contributed by atoms with Gasteiger partial charge in [-0.25, -0.2) is 0 Å². The summed E-state index contributed by atoms with van der Waals surface area (Å²) in [5, 5.41) is 10.4. The van der Waals surface area contributed by atoms with E-state index in [9.17, 15) is 5.11 Å². The van der Waals surface area contributed by atoms with Crippen LogP contribution in [0.1, 0.15) is 58.2 Å². The molecule has 1 aromatic rings. The predicted molar refractivity (Wildman–Crippen MR) is 75.1 cm³/mol. The summed E-state index contributed by atoms with van der Waals surface area (Å²) >= 11 is 5.86. The molecular weight excluding hydrogens is 232 g/mol. The van der Waals surface area contributed by atoms with Crippen molar-refractivity contribution in [2.75, 3.05) is 0 Å². The molecule has 0 aliphatic carbocycles. The molecular formula is C15H23ClO. The summed E-state index contributed by atoms with van der Waals surface area (Å²) in [6.07, 6.45) is 0. The first kappa shape index (κ1) is 14.4. The van der Waals surface area contributed by atoms with Crippen LogP contribution in [0.15, 0.2) is 12.1 Å². The van der Waals surface area contributed by atoms with Crippen molar-refractivity contribution in [1.29, 1.82) is 0 Å². The van der Waals surface area contributed by atoms with Crippen LogP contribution in [-0.4, -0.2) is 5.11 Å². The van der Waals surface area contributed by atoms with Gasteiger partial charge in [0.05, 0.1) is 5.88 Å². The quantitative estimate of drug-likeness (QED) is 0.719. The smallest absolute Gasteiger partial charge is 0.123 e. The SMILES string of the molecule is CC(C)(C)c1ccc(CCl)c(O)c1C(C)(C)C. The Bertz CT molecular complexity index is 408. The highest BCUT2D eigenvalue weighted by atomic mass is 35.5. The summed E-state index contributed by atoms with van der Waals surface area (Å²) in [6, 6.07) is 4.02. The van der Waals surface area contributed by atoms with Crippen molar-refractivity contribution in [3.63, 3.8) is 0 Å². The molecule has 0 fully saturated rings. The molecule has 96 valence electrons. The number of alkyl halides is 1. The molecule has 1 nitrogen and oxygen atoms in total. The number of hydrogen-bond acceptors (Lipinski definition) is 1. The van der Waals surface area contributed by atoms with Crippen molar-refractivity contribution >= 4 is 11.6 Å². The maximum atomic E-state index is 10.4. The van der Waals surface area contributed by atoms with Crippen LogP contribution < -0.4 is 0 Å². The Kier molecular flexibility index (Phi) is 3.83. The normalized spacial score (nSPS) is 12.9. The third kappa shape index (κ3) is 2.95. The van der Waals surface area contributed by atoms with Gasteiger partial charge in [-0.1, -0.05) is 53.7 Å². The van der Waals surface area contributed by atoms with E-state index in [4.69, 9.17) is 11.6 Å². The summed E-state index contributed by atoms with van der Waals surface area (Å²) in [5.41, 5.74) is 2.95. The molecule has 0 aliphatic heterocycles. The molecule has 0 aliphatic rings. The zero-order chi connectivity index (χ0) is 13.4. The molecule has 0 unspecified atom stereocenters. The fourth-order valence-electron chi connectivity index (χ4n) is 2.13. The zero-order valence-electron chi connectivity index (χ0n) is 11.7. The third-order valence-corrected chi connectivity index (χ3v) is 3.25. The predicted octanol–water partition coefficient (Wildman–Crippen LogP) is 4.73. The molecule has 0 saturated heterocycles. The van der Waals surface area contributed by atoms with Crippen LogP contribution in [0, 0.1) is 0 Å². The number of phenols is 1. The van der Waals surface area contributed by atoms with E-state index in [0.29, 0.717) is 11.6 Å². The molecule has 17 heavy (non-hydrogen) atoms. The highest BCUT2D eigenvalue weighted by Crippen LogP contribution is 2.41. The monoisotopic (exact) mass is 254 g/mol. The lowest BCUT2D eigenvalue weighted by atomic mass is 9.74. The Morgan fingerprint density at radius 2 is 1.53 bits per heavy atom. The Hall–Kier alpha value is -0.690. The zero-order valence-corrected chi connectivity index (χ0v) is 12.4. The first-order valence-corrected chi connectivity index (χ1v) is 6.54. The molecule has 0 atom stereocenters. The van der Waals surface area contributed by atoms with Gasteiger partial charge in [0.15, 0.2) is 0 Å². The highest BCUT2D eigenvalue weighted by molar-refractivity contribution is 6.17. The van der Waals surface area contributed by atoms with Gasteiger partial charge >= 0.3 is 0 Å². The Balaban J connectivity index is 3.59. The van der Waals surface area contributed by atoms with Crippen molar-refractivity contribution in [2.24, 2.45) is 0 Å². The second-order valence-electron chi connectivity index (χ2n) is 6.63. The summed E-state index contributed by atoms with van der Waals surface area (Å²) in [4.78, 5) is 0. The molecule has 0 saturated carbocycles. The Morgan fingerprint density at radius 1 is 1.00 bits per heavy atom. The lowest BCUT2D eigenvalue weighted by Gasteiger charge is -2.31. The standard InChI is InChI=1S/C15H23ClO/c1-14(2,3)11-8-7-10(9-16)13(17)12(11)15(4,5)6/h7-8,17H,9H2,1-6H3. The number of hydrogen-bond donors (Lipinski definition) is 1. The lowest BCUT2D eigenvalue weighted by Crippen LogP contribution is -2.22. The number of rotatable bonds is 1. The minimum Gasteiger partial charge on any atom is -0.507 e. The van der Waals surface area contributed by atoms with Gasteiger partial charge in [0.25, 0.3) is 0 Å². The van der Waals surface area contributed by atoms with Gasteiger partial charge in [-0.2, -0.15) is 0 Å². The lowest BCUT2D eigenvalue weighted by molar-refractivity contribution is 0.431.